The number of aromatic nitrogens is 4. The zero-order chi connectivity index (χ0) is 21.1. The maximum Gasteiger partial charge on any atom is 0.350 e. The Morgan fingerprint density at radius 3 is 2.40 bits per heavy atom. The number of carbonyl (C=O) groups is 1. The molecule has 0 aliphatic heterocycles. The molecule has 0 unspecified atom stereocenters. The highest BCUT2D eigenvalue weighted by atomic mass is 32.2. The number of fused-ring (bicyclic) bond motifs is 1. The topological polar surface area (TPSA) is 81.3 Å². The first kappa shape index (κ1) is 19.9. The molecule has 0 radical (unpaired) electrons. The van der Waals surface area contributed by atoms with Gasteiger partial charge in [0.25, 0.3) is 0 Å². The monoisotopic (exact) mass is 419 g/mol. The molecule has 1 N–H and O–H groups in total. The highest BCUT2D eigenvalue weighted by molar-refractivity contribution is 7.99. The van der Waals surface area contributed by atoms with Crippen LogP contribution in [0.2, 0.25) is 0 Å². The van der Waals surface area contributed by atoms with Crippen molar-refractivity contribution in [3.8, 4) is 0 Å². The molecule has 7 nitrogen and oxygen atoms in total. The average molecular weight is 420 g/mol. The number of nitrogens with one attached hydrogen (secondary N) is 1. The molecule has 0 aliphatic carbocycles. The summed E-state index contributed by atoms with van der Waals surface area (Å²) in [5.74, 6) is -0.276. The van der Waals surface area contributed by atoms with E-state index in [0.29, 0.717) is 17.2 Å². The van der Waals surface area contributed by atoms with Crippen molar-refractivity contribution in [1.82, 2.24) is 24.5 Å². The molecule has 2 aromatic heterocycles. The zero-order valence-electron chi connectivity index (χ0n) is 16.7. The molecule has 8 heteroatoms. The third kappa shape index (κ3) is 4.44. The molecule has 1 amide bonds. The lowest BCUT2D eigenvalue weighted by Gasteiger charge is -2.05. The minimum absolute atomic E-state index is 0.152. The summed E-state index contributed by atoms with van der Waals surface area (Å²) in [7, 11) is 0. The molecule has 2 heterocycles. The van der Waals surface area contributed by atoms with E-state index < -0.39 is 0 Å². The predicted molar refractivity (Wildman–Crippen MR) is 116 cm³/mol. The summed E-state index contributed by atoms with van der Waals surface area (Å²) >= 11 is 1.43. The highest BCUT2D eigenvalue weighted by Crippen LogP contribution is 2.28. The molecular weight excluding hydrogens is 398 g/mol. The molecular formula is C22H21N5O2S. The molecule has 0 aliphatic rings. The Balaban J connectivity index is 1.51. The second-order valence-electron chi connectivity index (χ2n) is 7.04. The van der Waals surface area contributed by atoms with Gasteiger partial charge in [0.2, 0.25) is 5.91 Å². The van der Waals surface area contributed by atoms with Crippen molar-refractivity contribution in [3.63, 3.8) is 0 Å². The number of rotatable bonds is 6. The van der Waals surface area contributed by atoms with Gasteiger partial charge in [-0.15, -0.1) is 5.10 Å². The Morgan fingerprint density at radius 1 is 1.03 bits per heavy atom. The van der Waals surface area contributed by atoms with Gasteiger partial charge in [-0.3, -0.25) is 4.79 Å². The Kier molecular flexibility index (Phi) is 5.67. The fourth-order valence-electron chi connectivity index (χ4n) is 2.92. The van der Waals surface area contributed by atoms with Crippen LogP contribution in [-0.4, -0.2) is 25.1 Å². The number of carbonyl (C=O) groups excluding carboxylic acids is 1. The molecule has 0 atom stereocenters. The fourth-order valence-corrected chi connectivity index (χ4v) is 3.76. The van der Waals surface area contributed by atoms with Crippen molar-refractivity contribution in [1.29, 1.82) is 0 Å². The van der Waals surface area contributed by atoms with Crippen molar-refractivity contribution in [3.05, 3.63) is 88.1 Å². The van der Waals surface area contributed by atoms with E-state index in [1.807, 2.05) is 62.4 Å². The SMILES string of the molecule is Cc1ccc(CNC(=O)Cn2nc3c(Sc4ccc(C)cc4)nccn3c2=O)cc1. The second-order valence-corrected chi connectivity index (χ2v) is 8.11. The molecule has 4 aromatic rings. The van der Waals surface area contributed by atoms with Crippen LogP contribution < -0.4 is 11.0 Å². The van der Waals surface area contributed by atoms with E-state index in [-0.39, 0.29) is 18.1 Å². The molecule has 0 bridgehead atoms. The fraction of sp³-hybridized carbons (Fsp3) is 0.182. The first-order valence-corrected chi connectivity index (χ1v) is 10.3. The molecule has 0 spiro atoms. The number of hydrogen-bond donors (Lipinski definition) is 1. The van der Waals surface area contributed by atoms with Crippen LogP contribution in [0, 0.1) is 13.8 Å². The van der Waals surface area contributed by atoms with Crippen molar-refractivity contribution >= 4 is 23.3 Å². The standard InChI is InChI=1S/C22H21N5O2S/c1-15-3-7-17(8-4-15)13-24-19(28)14-27-22(29)26-12-11-23-21(20(26)25-27)30-18-9-5-16(2)6-10-18/h3-12H,13-14H2,1-2H3,(H,24,28). The predicted octanol–water partition coefficient (Wildman–Crippen LogP) is 2.98. The minimum Gasteiger partial charge on any atom is -0.350 e. The summed E-state index contributed by atoms with van der Waals surface area (Å²) in [4.78, 5) is 30.4. The Hall–Kier alpha value is -3.39. The summed E-state index contributed by atoms with van der Waals surface area (Å²) in [6.45, 7) is 4.29. The first-order valence-electron chi connectivity index (χ1n) is 9.50. The number of hydrogen-bond acceptors (Lipinski definition) is 5. The third-order valence-electron chi connectivity index (χ3n) is 4.61. The summed E-state index contributed by atoms with van der Waals surface area (Å²) in [5.41, 5.74) is 3.39. The van der Waals surface area contributed by atoms with E-state index in [1.54, 1.807) is 12.4 Å². The number of benzene rings is 2. The lowest BCUT2D eigenvalue weighted by molar-refractivity contribution is -0.122. The van der Waals surface area contributed by atoms with Crippen LogP contribution in [-0.2, 0) is 17.9 Å². The third-order valence-corrected chi connectivity index (χ3v) is 5.60. The number of amides is 1. The van der Waals surface area contributed by atoms with Gasteiger partial charge in [-0.25, -0.2) is 18.9 Å². The van der Waals surface area contributed by atoms with E-state index in [9.17, 15) is 9.59 Å². The van der Waals surface area contributed by atoms with E-state index in [4.69, 9.17) is 0 Å². The van der Waals surface area contributed by atoms with Crippen molar-refractivity contribution in [2.75, 3.05) is 0 Å². The average Bonchev–Trinajstić information content (AvgIpc) is 3.06. The lowest BCUT2D eigenvalue weighted by Crippen LogP contribution is -2.32. The van der Waals surface area contributed by atoms with Gasteiger partial charge < -0.3 is 5.32 Å². The maximum absolute atomic E-state index is 12.7. The van der Waals surface area contributed by atoms with Gasteiger partial charge >= 0.3 is 5.69 Å². The maximum atomic E-state index is 12.7. The van der Waals surface area contributed by atoms with Gasteiger partial charge in [0.05, 0.1) is 0 Å². The summed E-state index contributed by atoms with van der Waals surface area (Å²) in [5, 5.41) is 7.79. The van der Waals surface area contributed by atoms with Crippen molar-refractivity contribution < 1.29 is 4.79 Å². The molecule has 152 valence electrons. The zero-order valence-corrected chi connectivity index (χ0v) is 17.5. The van der Waals surface area contributed by atoms with Gasteiger partial charge in [-0.05, 0) is 31.5 Å². The van der Waals surface area contributed by atoms with Crippen molar-refractivity contribution in [2.45, 2.75) is 36.9 Å². The van der Waals surface area contributed by atoms with Crippen LogP contribution in [0.3, 0.4) is 0 Å². The summed E-state index contributed by atoms with van der Waals surface area (Å²) < 4.78 is 2.58. The van der Waals surface area contributed by atoms with Crippen LogP contribution in [0.5, 0.6) is 0 Å². The highest BCUT2D eigenvalue weighted by Gasteiger charge is 2.15. The van der Waals surface area contributed by atoms with E-state index in [0.717, 1.165) is 16.0 Å². The quantitative estimate of drug-likeness (QED) is 0.520. The van der Waals surface area contributed by atoms with Gasteiger partial charge in [-0.1, -0.05) is 59.3 Å². The molecule has 4 rings (SSSR count). The van der Waals surface area contributed by atoms with E-state index in [1.165, 1.54) is 26.4 Å². The lowest BCUT2D eigenvalue weighted by atomic mass is 10.1. The van der Waals surface area contributed by atoms with Crippen LogP contribution in [0.15, 0.2) is 75.6 Å². The second kappa shape index (κ2) is 8.54. The van der Waals surface area contributed by atoms with Crippen LogP contribution >= 0.6 is 11.8 Å². The molecule has 0 saturated heterocycles. The molecule has 0 saturated carbocycles. The van der Waals surface area contributed by atoms with Gasteiger partial charge in [0.1, 0.15) is 11.6 Å². The van der Waals surface area contributed by atoms with Crippen molar-refractivity contribution in [2.24, 2.45) is 0 Å². The van der Waals surface area contributed by atoms with E-state index in [2.05, 4.69) is 15.4 Å². The Morgan fingerprint density at radius 2 is 1.70 bits per heavy atom. The van der Waals surface area contributed by atoms with Gasteiger partial charge in [0, 0.05) is 23.8 Å². The largest absolute Gasteiger partial charge is 0.350 e. The number of nitrogens with zero attached hydrogens (tertiary/aromatic N) is 4. The minimum atomic E-state index is -0.372. The van der Waals surface area contributed by atoms with E-state index >= 15 is 0 Å². The van der Waals surface area contributed by atoms with Gasteiger partial charge in [0.15, 0.2) is 5.65 Å². The molecule has 30 heavy (non-hydrogen) atoms. The molecule has 2 aromatic carbocycles. The molecule has 0 fully saturated rings. The number of aryl methyl sites for hydroxylation is 2. The summed E-state index contributed by atoms with van der Waals surface area (Å²) in [6, 6.07) is 16.0. The smallest absolute Gasteiger partial charge is 0.350 e. The Bertz CT molecular complexity index is 1240. The van der Waals surface area contributed by atoms with Crippen LogP contribution in [0.1, 0.15) is 16.7 Å². The van der Waals surface area contributed by atoms with Crippen LogP contribution in [0.25, 0.3) is 5.65 Å². The first-order chi connectivity index (χ1) is 14.5. The normalized spacial score (nSPS) is 11.0. The van der Waals surface area contributed by atoms with Crippen LogP contribution in [0.4, 0.5) is 0 Å². The summed E-state index contributed by atoms with van der Waals surface area (Å²) in [6.07, 6.45) is 3.12. The van der Waals surface area contributed by atoms with Gasteiger partial charge in [-0.2, -0.15) is 0 Å². The Labute approximate surface area is 177 Å².